The van der Waals surface area contributed by atoms with Gasteiger partial charge in [-0.2, -0.15) is 0 Å². The van der Waals surface area contributed by atoms with Crippen molar-refractivity contribution in [1.29, 1.82) is 0 Å². The molecule has 26 heavy (non-hydrogen) atoms. The van der Waals surface area contributed by atoms with Gasteiger partial charge in [0.15, 0.2) is 5.69 Å². The van der Waals surface area contributed by atoms with Gasteiger partial charge in [-0.3, -0.25) is 9.20 Å². The number of pyridine rings is 1. The summed E-state index contributed by atoms with van der Waals surface area (Å²) in [5.41, 5.74) is 4.49. The van der Waals surface area contributed by atoms with Gasteiger partial charge in [0.1, 0.15) is 5.82 Å². The van der Waals surface area contributed by atoms with Crippen molar-refractivity contribution in [2.45, 2.75) is 13.5 Å². The third kappa shape index (κ3) is 2.99. The first-order valence-corrected chi connectivity index (χ1v) is 8.55. The first kappa shape index (κ1) is 16.1. The van der Waals surface area contributed by atoms with Crippen LogP contribution in [-0.4, -0.2) is 19.9 Å². The van der Waals surface area contributed by atoms with Crippen molar-refractivity contribution in [3.8, 4) is 11.4 Å². The predicted molar refractivity (Wildman–Crippen MR) is 102 cm³/mol. The molecule has 130 valence electrons. The molecule has 0 saturated carbocycles. The quantitative estimate of drug-likeness (QED) is 0.615. The summed E-state index contributed by atoms with van der Waals surface area (Å²) < 4.78 is 3.92. The van der Waals surface area contributed by atoms with E-state index < -0.39 is 0 Å². The number of amides is 1. The van der Waals surface area contributed by atoms with Crippen LogP contribution < -0.4 is 5.32 Å². The molecule has 0 aliphatic carbocycles. The van der Waals surface area contributed by atoms with Crippen molar-refractivity contribution < 1.29 is 4.79 Å². The van der Waals surface area contributed by atoms with E-state index >= 15 is 0 Å². The Morgan fingerprint density at radius 1 is 1.08 bits per heavy atom. The second-order valence-electron chi connectivity index (χ2n) is 6.47. The summed E-state index contributed by atoms with van der Waals surface area (Å²) >= 11 is 0. The molecule has 0 spiro atoms. The van der Waals surface area contributed by atoms with Crippen molar-refractivity contribution >= 4 is 11.4 Å². The van der Waals surface area contributed by atoms with Gasteiger partial charge in [0, 0.05) is 37.7 Å². The molecule has 5 heteroatoms. The van der Waals surface area contributed by atoms with Crippen LogP contribution in [0.3, 0.4) is 0 Å². The minimum absolute atomic E-state index is 0.170. The van der Waals surface area contributed by atoms with Crippen LogP contribution >= 0.6 is 0 Å². The van der Waals surface area contributed by atoms with Crippen LogP contribution in [0.25, 0.3) is 16.9 Å². The SMILES string of the molecule is Cc1ccc(CNC(=O)c2nc(-c3ccn(C)c3)n3ccccc23)cc1. The molecule has 4 aromatic rings. The standard InChI is InChI=1S/C21H20N4O/c1-15-6-8-16(9-7-15)13-22-21(26)19-18-5-3-4-11-25(18)20(23-19)17-10-12-24(2)14-17/h3-12,14H,13H2,1-2H3,(H,22,26). The number of rotatable bonds is 4. The molecule has 1 N–H and O–H groups in total. The second-order valence-corrected chi connectivity index (χ2v) is 6.47. The third-order valence-electron chi connectivity index (χ3n) is 4.43. The van der Waals surface area contributed by atoms with E-state index in [1.165, 1.54) is 5.56 Å². The molecule has 0 atom stereocenters. The Kier molecular flexibility index (Phi) is 4.05. The lowest BCUT2D eigenvalue weighted by Gasteiger charge is -2.04. The van der Waals surface area contributed by atoms with E-state index in [1.54, 1.807) is 0 Å². The van der Waals surface area contributed by atoms with E-state index in [4.69, 9.17) is 0 Å². The molecule has 4 rings (SSSR count). The Hall–Kier alpha value is -3.34. The largest absolute Gasteiger partial charge is 0.357 e. The van der Waals surface area contributed by atoms with E-state index in [0.29, 0.717) is 12.2 Å². The van der Waals surface area contributed by atoms with E-state index in [-0.39, 0.29) is 5.91 Å². The van der Waals surface area contributed by atoms with Crippen molar-refractivity contribution in [2.24, 2.45) is 7.05 Å². The highest BCUT2D eigenvalue weighted by atomic mass is 16.1. The van der Waals surface area contributed by atoms with Crippen LogP contribution in [0.5, 0.6) is 0 Å². The Morgan fingerprint density at radius 2 is 1.88 bits per heavy atom. The monoisotopic (exact) mass is 344 g/mol. The Labute approximate surface area is 151 Å². The van der Waals surface area contributed by atoms with Gasteiger partial charge in [0.25, 0.3) is 5.91 Å². The van der Waals surface area contributed by atoms with Gasteiger partial charge in [-0.1, -0.05) is 35.9 Å². The Bertz CT molecular complexity index is 1070. The van der Waals surface area contributed by atoms with E-state index in [0.717, 1.165) is 22.5 Å². The summed E-state index contributed by atoms with van der Waals surface area (Å²) in [6, 6.07) is 15.9. The first-order chi connectivity index (χ1) is 12.6. The van der Waals surface area contributed by atoms with Gasteiger partial charge in [0.2, 0.25) is 0 Å². The smallest absolute Gasteiger partial charge is 0.272 e. The lowest BCUT2D eigenvalue weighted by atomic mass is 10.1. The molecule has 3 heterocycles. The van der Waals surface area contributed by atoms with Crippen molar-refractivity contribution in [1.82, 2.24) is 19.3 Å². The molecule has 0 aliphatic heterocycles. The Balaban J connectivity index is 1.65. The van der Waals surface area contributed by atoms with Crippen LogP contribution in [-0.2, 0) is 13.6 Å². The molecule has 0 unspecified atom stereocenters. The second kappa shape index (κ2) is 6.52. The van der Waals surface area contributed by atoms with Gasteiger partial charge in [-0.15, -0.1) is 0 Å². The fourth-order valence-corrected chi connectivity index (χ4v) is 3.02. The molecular weight excluding hydrogens is 324 g/mol. The number of imidazole rings is 1. The summed E-state index contributed by atoms with van der Waals surface area (Å²) in [6.45, 7) is 2.52. The zero-order chi connectivity index (χ0) is 18.1. The van der Waals surface area contributed by atoms with Gasteiger partial charge in [-0.05, 0) is 30.7 Å². The molecule has 0 bridgehead atoms. The number of hydrogen-bond acceptors (Lipinski definition) is 2. The maximum atomic E-state index is 12.8. The summed E-state index contributed by atoms with van der Waals surface area (Å²) in [5, 5.41) is 2.98. The zero-order valence-corrected chi connectivity index (χ0v) is 14.8. The van der Waals surface area contributed by atoms with Gasteiger partial charge in [0.05, 0.1) is 5.52 Å². The van der Waals surface area contributed by atoms with Crippen molar-refractivity contribution in [3.63, 3.8) is 0 Å². The average Bonchev–Trinajstić information content (AvgIpc) is 3.24. The predicted octanol–water partition coefficient (Wildman–Crippen LogP) is 3.58. The number of nitrogens with one attached hydrogen (secondary N) is 1. The molecular formula is C21H20N4O. The molecule has 3 aromatic heterocycles. The third-order valence-corrected chi connectivity index (χ3v) is 4.43. The maximum absolute atomic E-state index is 12.8. The summed E-state index contributed by atoms with van der Waals surface area (Å²) in [6.07, 6.45) is 5.90. The van der Waals surface area contributed by atoms with Crippen molar-refractivity contribution in [3.05, 3.63) is 83.9 Å². The first-order valence-electron chi connectivity index (χ1n) is 8.55. The normalized spacial score (nSPS) is 11.0. The average molecular weight is 344 g/mol. The van der Waals surface area contributed by atoms with Gasteiger partial charge < -0.3 is 9.88 Å². The maximum Gasteiger partial charge on any atom is 0.272 e. The fourth-order valence-electron chi connectivity index (χ4n) is 3.02. The van der Waals surface area contributed by atoms with Crippen LogP contribution in [0.1, 0.15) is 21.6 Å². The number of hydrogen-bond donors (Lipinski definition) is 1. The zero-order valence-electron chi connectivity index (χ0n) is 14.8. The van der Waals surface area contributed by atoms with E-state index in [9.17, 15) is 4.79 Å². The number of carbonyl (C=O) groups excluding carboxylic acids is 1. The van der Waals surface area contributed by atoms with E-state index in [1.807, 2.05) is 90.1 Å². The van der Waals surface area contributed by atoms with Crippen LogP contribution in [0.2, 0.25) is 0 Å². The van der Waals surface area contributed by atoms with E-state index in [2.05, 4.69) is 10.3 Å². The molecule has 1 aromatic carbocycles. The summed E-state index contributed by atoms with van der Waals surface area (Å²) in [5.74, 6) is 0.596. The minimum Gasteiger partial charge on any atom is -0.357 e. The number of carbonyl (C=O) groups is 1. The van der Waals surface area contributed by atoms with Gasteiger partial charge >= 0.3 is 0 Å². The summed E-state index contributed by atoms with van der Waals surface area (Å²) in [4.78, 5) is 17.4. The van der Waals surface area contributed by atoms with Crippen LogP contribution in [0.4, 0.5) is 0 Å². The van der Waals surface area contributed by atoms with Crippen LogP contribution in [0, 0.1) is 6.92 Å². The lowest BCUT2D eigenvalue weighted by molar-refractivity contribution is 0.0948. The molecule has 5 nitrogen and oxygen atoms in total. The number of aromatic nitrogens is 3. The summed E-state index contributed by atoms with van der Waals surface area (Å²) in [7, 11) is 1.97. The number of nitrogens with zero attached hydrogens (tertiary/aromatic N) is 3. The van der Waals surface area contributed by atoms with Gasteiger partial charge in [-0.25, -0.2) is 4.98 Å². The van der Waals surface area contributed by atoms with Crippen LogP contribution in [0.15, 0.2) is 67.1 Å². The fraction of sp³-hybridized carbons (Fsp3) is 0.143. The topological polar surface area (TPSA) is 51.3 Å². The minimum atomic E-state index is -0.170. The molecule has 0 radical (unpaired) electrons. The molecule has 0 saturated heterocycles. The number of aryl methyl sites for hydroxylation is 2. The highest BCUT2D eigenvalue weighted by molar-refractivity contribution is 6.00. The Morgan fingerprint density at radius 3 is 2.62 bits per heavy atom. The highest BCUT2D eigenvalue weighted by Gasteiger charge is 2.18. The molecule has 0 aliphatic rings. The highest BCUT2D eigenvalue weighted by Crippen LogP contribution is 2.23. The molecule has 1 amide bonds. The lowest BCUT2D eigenvalue weighted by Crippen LogP contribution is -2.23. The number of fused-ring (bicyclic) bond motifs is 1. The molecule has 0 fully saturated rings. The number of benzene rings is 1. The van der Waals surface area contributed by atoms with Crippen molar-refractivity contribution in [2.75, 3.05) is 0 Å².